The summed E-state index contributed by atoms with van der Waals surface area (Å²) in [6.07, 6.45) is 0. The minimum Gasteiger partial charge on any atom is -0.316 e. The molecule has 3 heteroatoms. The Bertz CT molecular complexity index is 1960. The Morgan fingerprint density at radius 1 is 0.463 bits per heavy atom. The topological polar surface area (TPSA) is 11.4 Å². The van der Waals surface area contributed by atoms with Crippen LogP contribution in [-0.4, -0.2) is 4.57 Å². The van der Waals surface area contributed by atoms with Crippen molar-refractivity contribution in [3.05, 3.63) is 157 Å². The maximum atomic E-state index is 2.40. The first-order chi connectivity index (χ1) is 20.2. The molecule has 0 aliphatic carbocycles. The number of hydrogen-bond donors (Lipinski definition) is 0. The number of aryl methyl sites for hydroxylation is 1. The molecular formula is C38H31N3. The van der Waals surface area contributed by atoms with Gasteiger partial charge in [-0.1, -0.05) is 109 Å². The zero-order valence-electron chi connectivity index (χ0n) is 23.3. The van der Waals surface area contributed by atoms with Gasteiger partial charge in [-0.05, 0) is 65.7 Å². The lowest BCUT2D eigenvalue weighted by Gasteiger charge is -2.30. The second kappa shape index (κ2) is 10.4. The molecule has 1 heterocycles. The van der Waals surface area contributed by atoms with E-state index in [-0.39, 0.29) is 0 Å². The molecule has 3 nitrogen and oxygen atoms in total. The summed E-state index contributed by atoms with van der Waals surface area (Å²) in [6.45, 7) is 2.21. The summed E-state index contributed by atoms with van der Waals surface area (Å²) in [5, 5.41) is 4.88. The number of fused-ring (bicyclic) bond motifs is 2. The number of nitrogens with zero attached hydrogens (tertiary/aromatic N) is 3. The summed E-state index contributed by atoms with van der Waals surface area (Å²) in [6, 6.07) is 54.0. The molecule has 0 aliphatic rings. The molecule has 0 radical (unpaired) electrons. The summed E-state index contributed by atoms with van der Waals surface area (Å²) in [5.74, 6) is 2.23. The second-order valence-electron chi connectivity index (χ2n) is 10.4. The van der Waals surface area contributed by atoms with Gasteiger partial charge in [-0.25, -0.2) is 0 Å². The first-order valence-corrected chi connectivity index (χ1v) is 14.0. The maximum Gasteiger partial charge on any atom is 0.122 e. The predicted octanol–water partition coefficient (Wildman–Crippen LogP) is 10.6. The van der Waals surface area contributed by atoms with Crippen LogP contribution in [0.5, 0.6) is 0 Å². The predicted molar refractivity (Wildman–Crippen MR) is 175 cm³/mol. The van der Waals surface area contributed by atoms with E-state index < -0.39 is 0 Å². The molecule has 0 saturated heterocycles. The Labute approximate surface area is 241 Å². The number of aromatic nitrogens is 1. The van der Waals surface area contributed by atoms with Gasteiger partial charge in [0.05, 0.1) is 11.4 Å². The summed E-state index contributed by atoms with van der Waals surface area (Å²) < 4.78 is 2.33. The third-order valence-corrected chi connectivity index (χ3v) is 7.84. The van der Waals surface area contributed by atoms with E-state index in [2.05, 4.69) is 180 Å². The summed E-state index contributed by atoms with van der Waals surface area (Å²) in [4.78, 5) is 4.78. The van der Waals surface area contributed by atoms with Crippen molar-refractivity contribution in [3.63, 3.8) is 0 Å². The van der Waals surface area contributed by atoms with Crippen LogP contribution in [0.25, 0.3) is 21.5 Å². The average Bonchev–Trinajstić information content (AvgIpc) is 3.31. The first-order valence-electron chi connectivity index (χ1n) is 14.0. The van der Waals surface area contributed by atoms with Gasteiger partial charge in [-0.3, -0.25) is 9.80 Å². The highest BCUT2D eigenvalue weighted by molar-refractivity contribution is 6.01. The van der Waals surface area contributed by atoms with Crippen molar-refractivity contribution < 1.29 is 0 Å². The number of anilines is 6. The van der Waals surface area contributed by atoms with E-state index in [1.807, 2.05) is 0 Å². The number of hydrogen-bond acceptors (Lipinski definition) is 2. The van der Waals surface area contributed by atoms with E-state index >= 15 is 0 Å². The Kier molecular flexibility index (Phi) is 6.25. The van der Waals surface area contributed by atoms with Crippen molar-refractivity contribution in [3.8, 4) is 0 Å². The van der Waals surface area contributed by atoms with E-state index in [1.54, 1.807) is 0 Å². The smallest absolute Gasteiger partial charge is 0.122 e. The molecule has 0 spiro atoms. The van der Waals surface area contributed by atoms with Crippen molar-refractivity contribution >= 4 is 55.9 Å². The van der Waals surface area contributed by atoms with Crippen molar-refractivity contribution in [2.45, 2.75) is 6.92 Å². The molecule has 0 amide bonds. The van der Waals surface area contributed by atoms with Gasteiger partial charge in [-0.15, -0.1) is 0 Å². The van der Waals surface area contributed by atoms with Crippen molar-refractivity contribution in [2.24, 2.45) is 7.05 Å². The van der Waals surface area contributed by atoms with Gasteiger partial charge < -0.3 is 4.57 Å². The standard InChI is InChI=1S/C38H31N3/c1-28-27-37(40(31-19-5-3-6-20-31)35-25-13-17-29-15-9-11-23-33(29)35)39(2)38(28)41(32-21-7-4-8-22-32)36-26-14-18-30-16-10-12-24-34(30)36/h3-27H,1-2H3. The van der Waals surface area contributed by atoms with Crippen molar-refractivity contribution in [1.29, 1.82) is 0 Å². The van der Waals surface area contributed by atoms with Crippen LogP contribution in [0, 0.1) is 6.92 Å². The zero-order valence-corrected chi connectivity index (χ0v) is 23.3. The van der Waals surface area contributed by atoms with Gasteiger partial charge in [0.25, 0.3) is 0 Å². The average molecular weight is 530 g/mol. The molecule has 0 unspecified atom stereocenters. The minimum absolute atomic E-state index is 1.10. The lowest BCUT2D eigenvalue weighted by molar-refractivity contribution is 0.899. The third kappa shape index (κ3) is 4.32. The van der Waals surface area contributed by atoms with Crippen LogP contribution >= 0.6 is 0 Å². The third-order valence-electron chi connectivity index (χ3n) is 7.84. The van der Waals surface area contributed by atoms with Gasteiger partial charge in [0.15, 0.2) is 0 Å². The van der Waals surface area contributed by atoms with E-state index in [4.69, 9.17) is 0 Å². The van der Waals surface area contributed by atoms with Crippen LogP contribution < -0.4 is 9.80 Å². The lowest BCUT2D eigenvalue weighted by atomic mass is 10.1. The molecule has 0 saturated carbocycles. The molecular weight excluding hydrogens is 498 g/mol. The van der Waals surface area contributed by atoms with E-state index in [0.717, 1.165) is 34.4 Å². The van der Waals surface area contributed by atoms with Gasteiger partial charge in [0.2, 0.25) is 0 Å². The van der Waals surface area contributed by atoms with Gasteiger partial charge in [0.1, 0.15) is 11.6 Å². The molecule has 41 heavy (non-hydrogen) atoms. The quantitative estimate of drug-likeness (QED) is 0.212. The van der Waals surface area contributed by atoms with Crippen LogP contribution in [0.1, 0.15) is 5.56 Å². The molecule has 0 bridgehead atoms. The largest absolute Gasteiger partial charge is 0.316 e. The molecule has 0 fully saturated rings. The van der Waals surface area contributed by atoms with Crippen LogP contribution in [0.3, 0.4) is 0 Å². The number of benzene rings is 6. The zero-order chi connectivity index (χ0) is 27.8. The van der Waals surface area contributed by atoms with E-state index in [9.17, 15) is 0 Å². The Morgan fingerprint density at radius 2 is 0.902 bits per heavy atom. The van der Waals surface area contributed by atoms with Crippen molar-refractivity contribution in [1.82, 2.24) is 4.57 Å². The SMILES string of the molecule is Cc1cc(N(c2ccccc2)c2cccc3ccccc23)n(C)c1N(c1ccccc1)c1cccc2ccccc12. The summed E-state index contributed by atoms with van der Waals surface area (Å²) >= 11 is 0. The second-order valence-corrected chi connectivity index (χ2v) is 10.4. The normalized spacial score (nSPS) is 11.2. The fraction of sp³-hybridized carbons (Fsp3) is 0.0526. The Morgan fingerprint density at radius 3 is 1.46 bits per heavy atom. The fourth-order valence-corrected chi connectivity index (χ4v) is 6.00. The molecule has 6 aromatic carbocycles. The van der Waals surface area contributed by atoms with Crippen molar-refractivity contribution in [2.75, 3.05) is 9.80 Å². The molecule has 7 rings (SSSR count). The minimum atomic E-state index is 1.10. The van der Waals surface area contributed by atoms with Gasteiger partial charge in [0, 0.05) is 29.2 Å². The van der Waals surface area contributed by atoms with Crippen LogP contribution in [0.2, 0.25) is 0 Å². The molecule has 7 aromatic rings. The molecule has 198 valence electrons. The van der Waals surface area contributed by atoms with Gasteiger partial charge >= 0.3 is 0 Å². The fourth-order valence-electron chi connectivity index (χ4n) is 6.00. The highest BCUT2D eigenvalue weighted by Gasteiger charge is 2.25. The number of para-hydroxylation sites is 2. The monoisotopic (exact) mass is 529 g/mol. The van der Waals surface area contributed by atoms with Crippen LogP contribution in [0.4, 0.5) is 34.4 Å². The van der Waals surface area contributed by atoms with E-state index in [1.165, 1.54) is 27.1 Å². The molecule has 0 atom stereocenters. The summed E-state index contributed by atoms with van der Waals surface area (Å²) in [5.41, 5.74) is 5.74. The highest BCUT2D eigenvalue weighted by Crippen LogP contribution is 2.46. The molecule has 0 N–H and O–H groups in total. The van der Waals surface area contributed by atoms with E-state index in [0.29, 0.717) is 0 Å². The lowest BCUT2D eigenvalue weighted by Crippen LogP contribution is -2.18. The number of rotatable bonds is 6. The molecule has 1 aromatic heterocycles. The van der Waals surface area contributed by atoms with Crippen LogP contribution in [-0.2, 0) is 7.05 Å². The maximum absolute atomic E-state index is 2.40. The Hall–Kier alpha value is -5.28. The van der Waals surface area contributed by atoms with Gasteiger partial charge in [-0.2, -0.15) is 0 Å². The Balaban J connectivity index is 1.49. The molecule has 0 aliphatic heterocycles. The highest BCUT2D eigenvalue weighted by atomic mass is 15.3. The summed E-state index contributed by atoms with van der Waals surface area (Å²) in [7, 11) is 2.18. The van der Waals surface area contributed by atoms with Crippen LogP contribution in [0.15, 0.2) is 152 Å². The first kappa shape index (κ1) is 24.7.